The predicted octanol–water partition coefficient (Wildman–Crippen LogP) is 2.86. The number of rotatable bonds is 5. The standard InChI is InChI=1S/C10H12FO4P.CH4/c1-2-14-16(13)9(11)10(12)15-8-6-4-3-5-7-8;/h3-7,9,13H,2H2,1H3;1H4. The van der Waals surface area contributed by atoms with Crippen LogP contribution in [0, 0.1) is 0 Å². The van der Waals surface area contributed by atoms with Gasteiger partial charge in [-0.1, -0.05) is 25.6 Å². The van der Waals surface area contributed by atoms with Gasteiger partial charge in [0.25, 0.3) is 5.91 Å². The third kappa shape index (κ3) is 5.22. The van der Waals surface area contributed by atoms with Crippen molar-refractivity contribution in [2.24, 2.45) is 0 Å². The van der Waals surface area contributed by atoms with E-state index in [4.69, 9.17) is 9.63 Å². The van der Waals surface area contributed by atoms with Crippen LogP contribution < -0.4 is 4.74 Å². The maximum absolute atomic E-state index is 13.2. The molecule has 1 aromatic rings. The molecule has 1 aromatic carbocycles. The van der Waals surface area contributed by atoms with Crippen molar-refractivity contribution in [3.8, 4) is 5.75 Å². The van der Waals surface area contributed by atoms with E-state index in [2.05, 4.69) is 4.52 Å². The van der Waals surface area contributed by atoms with E-state index < -0.39 is 20.3 Å². The fourth-order valence-corrected chi connectivity index (χ4v) is 1.57. The van der Waals surface area contributed by atoms with Crippen molar-refractivity contribution in [3.63, 3.8) is 0 Å². The van der Waals surface area contributed by atoms with E-state index in [1.54, 1.807) is 25.1 Å². The van der Waals surface area contributed by atoms with Crippen molar-refractivity contribution >= 4 is 14.3 Å². The Bertz CT molecular complexity index is 334. The van der Waals surface area contributed by atoms with Crippen LogP contribution in [0.5, 0.6) is 5.75 Å². The summed E-state index contributed by atoms with van der Waals surface area (Å²) < 4.78 is 22.6. The zero-order valence-corrected chi connectivity index (χ0v) is 9.56. The maximum atomic E-state index is 13.2. The summed E-state index contributed by atoms with van der Waals surface area (Å²) in [5, 5.41) is 0. The molecular formula is C11H16FO4P. The summed E-state index contributed by atoms with van der Waals surface area (Å²) in [7, 11) is -2.42. The number of benzene rings is 1. The number of hydrogen-bond acceptors (Lipinski definition) is 4. The van der Waals surface area contributed by atoms with Crippen molar-refractivity contribution in [3.05, 3.63) is 30.3 Å². The summed E-state index contributed by atoms with van der Waals surface area (Å²) in [4.78, 5) is 20.3. The Kier molecular flexibility index (Phi) is 7.63. The van der Waals surface area contributed by atoms with E-state index in [0.717, 1.165) is 0 Å². The van der Waals surface area contributed by atoms with Crippen molar-refractivity contribution in [2.45, 2.75) is 20.3 Å². The fraction of sp³-hybridized carbons (Fsp3) is 0.364. The third-order valence-corrected chi connectivity index (χ3v) is 2.73. The molecule has 1 rings (SSSR count). The van der Waals surface area contributed by atoms with E-state index >= 15 is 0 Å². The van der Waals surface area contributed by atoms with Gasteiger partial charge in [-0.25, -0.2) is 9.18 Å². The van der Waals surface area contributed by atoms with Crippen molar-refractivity contribution in [1.82, 2.24) is 0 Å². The zero-order chi connectivity index (χ0) is 12.0. The monoisotopic (exact) mass is 262 g/mol. The van der Waals surface area contributed by atoms with Crippen LogP contribution in [0.3, 0.4) is 0 Å². The summed E-state index contributed by atoms with van der Waals surface area (Å²) >= 11 is 0. The normalized spacial score (nSPS) is 13.4. The van der Waals surface area contributed by atoms with Crippen LogP contribution in [0.4, 0.5) is 4.39 Å². The van der Waals surface area contributed by atoms with Crippen molar-refractivity contribution < 1.29 is 23.3 Å². The van der Waals surface area contributed by atoms with Gasteiger partial charge in [-0.05, 0) is 19.1 Å². The van der Waals surface area contributed by atoms with Gasteiger partial charge in [-0.2, -0.15) is 0 Å². The second-order valence-corrected chi connectivity index (χ2v) is 4.11. The highest BCUT2D eigenvalue weighted by Gasteiger charge is 2.30. The number of carbonyl (C=O) groups is 1. The van der Waals surface area contributed by atoms with E-state index in [-0.39, 0.29) is 19.8 Å². The summed E-state index contributed by atoms with van der Waals surface area (Å²) in [5.41, 5.74) is 0. The Balaban J connectivity index is 0.00000256. The Hall–Kier alpha value is -1.03. The lowest BCUT2D eigenvalue weighted by Gasteiger charge is -2.13. The quantitative estimate of drug-likeness (QED) is 0.503. The lowest BCUT2D eigenvalue weighted by Crippen LogP contribution is -2.20. The average Bonchev–Trinajstić information content (AvgIpc) is 2.29. The number of carbonyl (C=O) groups excluding carboxylic acids is 1. The van der Waals surface area contributed by atoms with Crippen LogP contribution in [0.1, 0.15) is 14.4 Å². The van der Waals surface area contributed by atoms with Crippen LogP contribution >= 0.6 is 8.38 Å². The van der Waals surface area contributed by atoms with Gasteiger partial charge in [0, 0.05) is 0 Å². The molecule has 17 heavy (non-hydrogen) atoms. The van der Waals surface area contributed by atoms with Crippen LogP contribution in [0.25, 0.3) is 0 Å². The first-order valence-corrected chi connectivity index (χ1v) is 5.95. The molecule has 1 N–H and O–H groups in total. The topological polar surface area (TPSA) is 55.8 Å². The van der Waals surface area contributed by atoms with Crippen LogP contribution in [-0.2, 0) is 9.32 Å². The van der Waals surface area contributed by atoms with Gasteiger partial charge >= 0.3 is 5.97 Å². The Morgan fingerprint density at radius 1 is 1.47 bits per heavy atom. The molecule has 0 aliphatic rings. The van der Waals surface area contributed by atoms with Gasteiger partial charge in [0.15, 0.2) is 0 Å². The number of hydrogen-bond donors (Lipinski definition) is 1. The minimum atomic E-state index is -2.42. The smallest absolute Gasteiger partial charge is 0.355 e. The largest absolute Gasteiger partial charge is 0.424 e. The first kappa shape index (κ1) is 16.0. The van der Waals surface area contributed by atoms with E-state index in [1.807, 2.05) is 0 Å². The second-order valence-electron chi connectivity index (χ2n) is 2.79. The molecule has 96 valence electrons. The van der Waals surface area contributed by atoms with Gasteiger partial charge in [-0.15, -0.1) is 0 Å². The lowest BCUT2D eigenvalue weighted by atomic mass is 10.3. The maximum Gasteiger partial charge on any atom is 0.355 e. The second kappa shape index (κ2) is 8.12. The summed E-state index contributed by atoms with van der Waals surface area (Å²) in [6.45, 7) is 1.74. The summed E-state index contributed by atoms with van der Waals surface area (Å²) in [6, 6.07) is 8.08. The highest BCUT2D eigenvalue weighted by Crippen LogP contribution is 2.39. The number of halogens is 1. The summed E-state index contributed by atoms with van der Waals surface area (Å²) in [5.74, 6) is -3.06. The molecule has 0 bridgehead atoms. The Labute approximate surface area is 101 Å². The van der Waals surface area contributed by atoms with E-state index in [0.29, 0.717) is 0 Å². The van der Waals surface area contributed by atoms with Gasteiger partial charge < -0.3 is 14.2 Å². The fourth-order valence-electron chi connectivity index (χ4n) is 0.941. The molecule has 4 nitrogen and oxygen atoms in total. The van der Waals surface area contributed by atoms with Gasteiger partial charge in [-0.3, -0.25) is 0 Å². The summed E-state index contributed by atoms with van der Waals surface area (Å²) in [6.07, 6.45) is 0. The Morgan fingerprint density at radius 2 is 2.06 bits per heavy atom. The van der Waals surface area contributed by atoms with Crippen molar-refractivity contribution in [2.75, 3.05) is 6.61 Å². The SMILES string of the molecule is C.CCOP(O)C(F)C(=O)Oc1ccccc1. The molecule has 6 heteroatoms. The first-order valence-electron chi connectivity index (χ1n) is 4.67. The number of para-hydroxylation sites is 1. The van der Waals surface area contributed by atoms with E-state index in [1.165, 1.54) is 12.1 Å². The molecular weight excluding hydrogens is 246 g/mol. The van der Waals surface area contributed by atoms with Crippen LogP contribution in [0.2, 0.25) is 0 Å². The lowest BCUT2D eigenvalue weighted by molar-refractivity contribution is -0.137. The molecule has 0 spiro atoms. The predicted molar refractivity (Wildman–Crippen MR) is 64.5 cm³/mol. The molecule has 0 saturated carbocycles. The number of alkyl halides is 1. The molecule has 0 aromatic heterocycles. The molecule has 0 aliphatic carbocycles. The third-order valence-electron chi connectivity index (χ3n) is 1.61. The van der Waals surface area contributed by atoms with Gasteiger partial charge in [0.1, 0.15) is 5.75 Å². The van der Waals surface area contributed by atoms with Gasteiger partial charge in [0.2, 0.25) is 8.38 Å². The average molecular weight is 262 g/mol. The van der Waals surface area contributed by atoms with Crippen LogP contribution in [0.15, 0.2) is 30.3 Å². The zero-order valence-electron chi connectivity index (χ0n) is 8.67. The van der Waals surface area contributed by atoms with Crippen molar-refractivity contribution in [1.29, 1.82) is 0 Å². The molecule has 0 fully saturated rings. The highest BCUT2D eigenvalue weighted by molar-refractivity contribution is 7.47. The number of ether oxygens (including phenoxy) is 1. The van der Waals surface area contributed by atoms with Crippen LogP contribution in [-0.4, -0.2) is 23.4 Å². The Morgan fingerprint density at radius 3 is 2.59 bits per heavy atom. The highest BCUT2D eigenvalue weighted by atomic mass is 31.2. The minimum Gasteiger partial charge on any atom is -0.424 e. The number of esters is 1. The van der Waals surface area contributed by atoms with Gasteiger partial charge in [0.05, 0.1) is 6.61 Å². The minimum absolute atomic E-state index is 0. The molecule has 0 aliphatic heterocycles. The molecule has 2 atom stereocenters. The van der Waals surface area contributed by atoms with E-state index in [9.17, 15) is 9.18 Å². The molecule has 0 radical (unpaired) electrons. The molecule has 0 saturated heterocycles. The first-order chi connectivity index (χ1) is 7.65. The molecule has 0 amide bonds. The molecule has 0 heterocycles. The molecule has 2 unspecified atom stereocenters.